The van der Waals surface area contributed by atoms with Gasteiger partial charge in [-0.15, -0.1) is 0 Å². The number of nitrogens with one attached hydrogen (secondary N) is 1. The van der Waals surface area contributed by atoms with Crippen LogP contribution in [0.5, 0.6) is 0 Å². The molecule has 0 aliphatic carbocycles. The number of nitrogens with zero attached hydrogens (tertiary/aromatic N) is 2. The van der Waals surface area contributed by atoms with E-state index in [9.17, 15) is 14.0 Å². The average molecular weight is 371 g/mol. The number of thioether (sulfide) groups is 1. The molecule has 7 heteroatoms. The van der Waals surface area contributed by atoms with Crippen LogP contribution in [0.4, 0.5) is 15.8 Å². The van der Waals surface area contributed by atoms with E-state index < -0.39 is 5.25 Å². The van der Waals surface area contributed by atoms with Crippen molar-refractivity contribution in [2.24, 2.45) is 4.99 Å². The maximum atomic E-state index is 13.0. The number of carbonyl (C=O) groups excluding carboxylic acids is 2. The molecule has 2 amide bonds. The highest BCUT2D eigenvalue weighted by Gasteiger charge is 2.38. The van der Waals surface area contributed by atoms with E-state index in [1.807, 2.05) is 25.1 Å². The molecule has 2 aromatic rings. The SMILES string of the molecule is CCN1C(=O)C(CC(=O)Nc2ccccc2)SC1=Nc1ccc(F)cc1. The zero-order valence-corrected chi connectivity index (χ0v) is 15.0. The van der Waals surface area contributed by atoms with Crippen LogP contribution < -0.4 is 5.32 Å². The number of amidine groups is 1. The Morgan fingerprint density at radius 1 is 1.19 bits per heavy atom. The number of benzene rings is 2. The molecule has 26 heavy (non-hydrogen) atoms. The quantitative estimate of drug-likeness (QED) is 0.869. The lowest BCUT2D eigenvalue weighted by Gasteiger charge is -2.13. The van der Waals surface area contributed by atoms with Gasteiger partial charge in [-0.1, -0.05) is 30.0 Å². The molecule has 1 aliphatic heterocycles. The van der Waals surface area contributed by atoms with E-state index in [0.717, 1.165) is 0 Å². The summed E-state index contributed by atoms with van der Waals surface area (Å²) in [6, 6.07) is 14.9. The summed E-state index contributed by atoms with van der Waals surface area (Å²) in [7, 11) is 0. The maximum absolute atomic E-state index is 13.0. The zero-order valence-electron chi connectivity index (χ0n) is 14.2. The van der Waals surface area contributed by atoms with Crippen molar-refractivity contribution < 1.29 is 14.0 Å². The molecule has 1 unspecified atom stereocenters. The minimum absolute atomic E-state index is 0.0668. The standard InChI is InChI=1S/C19H18FN3O2S/c1-2-23-18(25)16(12-17(24)21-14-6-4-3-5-7-14)26-19(23)22-15-10-8-13(20)9-11-15/h3-11,16H,2,12H2,1H3,(H,21,24). The molecule has 1 N–H and O–H groups in total. The Morgan fingerprint density at radius 2 is 1.88 bits per heavy atom. The molecule has 1 heterocycles. The van der Waals surface area contributed by atoms with Gasteiger partial charge >= 0.3 is 0 Å². The summed E-state index contributed by atoms with van der Waals surface area (Å²) in [6.45, 7) is 2.31. The second-order valence-electron chi connectivity index (χ2n) is 5.68. The molecular formula is C19H18FN3O2S. The van der Waals surface area contributed by atoms with E-state index in [1.54, 1.807) is 29.2 Å². The highest BCUT2D eigenvalue weighted by Crippen LogP contribution is 2.31. The molecule has 0 radical (unpaired) electrons. The predicted octanol–water partition coefficient (Wildman–Crippen LogP) is 3.81. The molecule has 0 spiro atoms. The number of halogens is 1. The molecule has 2 aromatic carbocycles. The van der Waals surface area contributed by atoms with Gasteiger partial charge in [0.25, 0.3) is 0 Å². The van der Waals surface area contributed by atoms with E-state index in [1.165, 1.54) is 23.9 Å². The number of amides is 2. The summed E-state index contributed by atoms with van der Waals surface area (Å²) in [4.78, 5) is 30.8. The zero-order chi connectivity index (χ0) is 18.5. The second kappa shape index (κ2) is 8.14. The highest BCUT2D eigenvalue weighted by atomic mass is 32.2. The molecule has 5 nitrogen and oxygen atoms in total. The van der Waals surface area contributed by atoms with Crippen LogP contribution in [0.3, 0.4) is 0 Å². The van der Waals surface area contributed by atoms with Crippen molar-refractivity contribution in [3.8, 4) is 0 Å². The summed E-state index contributed by atoms with van der Waals surface area (Å²) < 4.78 is 13.0. The number of aliphatic imine (C=N–C) groups is 1. The summed E-state index contributed by atoms with van der Waals surface area (Å²) in [5, 5.41) is 2.80. The van der Waals surface area contributed by atoms with Crippen LogP contribution in [0.15, 0.2) is 59.6 Å². The Morgan fingerprint density at radius 3 is 2.54 bits per heavy atom. The third-order valence-electron chi connectivity index (χ3n) is 3.82. The van der Waals surface area contributed by atoms with Gasteiger partial charge in [-0.25, -0.2) is 9.38 Å². The predicted molar refractivity (Wildman–Crippen MR) is 102 cm³/mol. The van der Waals surface area contributed by atoms with Gasteiger partial charge in [0, 0.05) is 18.7 Å². The van der Waals surface area contributed by atoms with Crippen LogP contribution in [-0.4, -0.2) is 33.7 Å². The van der Waals surface area contributed by atoms with Crippen molar-refractivity contribution in [2.45, 2.75) is 18.6 Å². The van der Waals surface area contributed by atoms with Gasteiger partial charge in [-0.3, -0.25) is 14.5 Å². The van der Waals surface area contributed by atoms with Crippen molar-refractivity contribution in [1.29, 1.82) is 0 Å². The molecule has 3 rings (SSSR count). The Hall–Kier alpha value is -2.67. The molecule has 0 aromatic heterocycles. The molecule has 134 valence electrons. The number of hydrogen-bond donors (Lipinski definition) is 1. The fourth-order valence-electron chi connectivity index (χ4n) is 2.54. The van der Waals surface area contributed by atoms with E-state index >= 15 is 0 Å². The van der Waals surface area contributed by atoms with Crippen molar-refractivity contribution in [1.82, 2.24) is 4.90 Å². The first-order chi connectivity index (χ1) is 12.6. The van der Waals surface area contributed by atoms with Gasteiger partial charge in [0.2, 0.25) is 11.8 Å². The van der Waals surface area contributed by atoms with Crippen molar-refractivity contribution in [3.05, 3.63) is 60.4 Å². The fourth-order valence-corrected chi connectivity index (χ4v) is 3.77. The number of para-hydroxylation sites is 1. The number of carbonyl (C=O) groups is 2. The van der Waals surface area contributed by atoms with E-state index in [4.69, 9.17) is 0 Å². The van der Waals surface area contributed by atoms with Crippen LogP contribution in [0.2, 0.25) is 0 Å². The van der Waals surface area contributed by atoms with Gasteiger partial charge < -0.3 is 5.32 Å². The van der Waals surface area contributed by atoms with E-state index in [2.05, 4.69) is 10.3 Å². The number of rotatable bonds is 5. The lowest BCUT2D eigenvalue weighted by molar-refractivity contribution is -0.128. The maximum Gasteiger partial charge on any atom is 0.242 e. The molecule has 0 bridgehead atoms. The van der Waals surface area contributed by atoms with Crippen molar-refractivity contribution >= 4 is 40.1 Å². The van der Waals surface area contributed by atoms with Gasteiger partial charge in [0.05, 0.1) is 5.69 Å². The molecule has 1 atom stereocenters. The lowest BCUT2D eigenvalue weighted by atomic mass is 10.2. The third kappa shape index (κ3) is 4.29. The minimum atomic E-state index is -0.516. The second-order valence-corrected chi connectivity index (χ2v) is 6.85. The van der Waals surface area contributed by atoms with Gasteiger partial charge in [-0.2, -0.15) is 0 Å². The van der Waals surface area contributed by atoms with Gasteiger partial charge in [0.15, 0.2) is 5.17 Å². The van der Waals surface area contributed by atoms with E-state index in [-0.39, 0.29) is 24.1 Å². The summed E-state index contributed by atoms with van der Waals surface area (Å²) in [5.74, 6) is -0.699. The van der Waals surface area contributed by atoms with Crippen LogP contribution in [0.1, 0.15) is 13.3 Å². The number of anilines is 1. The minimum Gasteiger partial charge on any atom is -0.326 e. The third-order valence-corrected chi connectivity index (χ3v) is 4.99. The van der Waals surface area contributed by atoms with E-state index in [0.29, 0.717) is 23.1 Å². The molecule has 1 saturated heterocycles. The first-order valence-corrected chi connectivity index (χ1v) is 9.12. The Labute approximate surface area is 155 Å². The lowest BCUT2D eigenvalue weighted by Crippen LogP contribution is -2.33. The first-order valence-electron chi connectivity index (χ1n) is 8.24. The molecule has 1 aliphatic rings. The summed E-state index contributed by atoms with van der Waals surface area (Å²) in [5.41, 5.74) is 1.26. The monoisotopic (exact) mass is 371 g/mol. The van der Waals surface area contributed by atoms with Crippen molar-refractivity contribution in [3.63, 3.8) is 0 Å². The van der Waals surface area contributed by atoms with Crippen molar-refractivity contribution in [2.75, 3.05) is 11.9 Å². The van der Waals surface area contributed by atoms with Crippen LogP contribution >= 0.6 is 11.8 Å². The van der Waals surface area contributed by atoms with Crippen LogP contribution in [-0.2, 0) is 9.59 Å². The normalized spacial score (nSPS) is 18.4. The van der Waals surface area contributed by atoms with Crippen LogP contribution in [0.25, 0.3) is 0 Å². The number of hydrogen-bond acceptors (Lipinski definition) is 4. The van der Waals surface area contributed by atoms with Gasteiger partial charge in [-0.05, 0) is 43.3 Å². The topological polar surface area (TPSA) is 61.8 Å². The highest BCUT2D eigenvalue weighted by molar-refractivity contribution is 8.15. The first kappa shape index (κ1) is 18.1. The summed E-state index contributed by atoms with van der Waals surface area (Å²) in [6.07, 6.45) is 0.0668. The molecule has 0 saturated carbocycles. The average Bonchev–Trinajstić information content (AvgIpc) is 2.92. The molecule has 1 fully saturated rings. The smallest absolute Gasteiger partial charge is 0.242 e. The Kier molecular flexibility index (Phi) is 5.68. The Balaban J connectivity index is 1.70. The fraction of sp³-hybridized carbons (Fsp3) is 0.211. The summed E-state index contributed by atoms with van der Waals surface area (Å²) >= 11 is 1.26. The Bertz CT molecular complexity index is 824. The largest absolute Gasteiger partial charge is 0.326 e. The molecular weight excluding hydrogens is 353 g/mol. The van der Waals surface area contributed by atoms with Gasteiger partial charge in [0.1, 0.15) is 11.1 Å². The van der Waals surface area contributed by atoms with Crippen LogP contribution in [0, 0.1) is 5.82 Å².